The highest BCUT2D eigenvalue weighted by Gasteiger charge is 2.49. The van der Waals surface area contributed by atoms with Crippen LogP contribution < -0.4 is 10.6 Å². The molecule has 2 N–H and O–H groups in total. The predicted octanol–water partition coefficient (Wildman–Crippen LogP) is 3.29. The molecule has 2 aliphatic rings. The molecule has 2 aromatic carbocycles. The zero-order valence-electron chi connectivity index (χ0n) is 18.2. The Kier molecular flexibility index (Phi) is 6.74. The molecule has 12 heteroatoms. The first-order valence-electron chi connectivity index (χ1n) is 10.5. The van der Waals surface area contributed by atoms with Crippen LogP contribution in [0.3, 0.4) is 0 Å². The summed E-state index contributed by atoms with van der Waals surface area (Å²) in [7, 11) is -3.71. The smallest absolute Gasteiger partial charge is 0.323 e. The van der Waals surface area contributed by atoms with Gasteiger partial charge >= 0.3 is 6.03 Å². The molecule has 0 bridgehead atoms. The van der Waals surface area contributed by atoms with E-state index in [0.717, 1.165) is 22.2 Å². The van der Waals surface area contributed by atoms with E-state index in [1.807, 2.05) is 0 Å². The Morgan fingerprint density at radius 2 is 1.88 bits per heavy atom. The Morgan fingerprint density at radius 3 is 2.56 bits per heavy atom. The van der Waals surface area contributed by atoms with Crippen molar-refractivity contribution < 1.29 is 22.8 Å². The highest BCUT2D eigenvalue weighted by Crippen LogP contribution is 2.31. The second-order valence-corrected chi connectivity index (χ2v) is 11.5. The first kappa shape index (κ1) is 24.6. The molecule has 0 unspecified atom stereocenters. The number of sulfonamides is 1. The number of rotatable bonds is 6. The molecule has 9 nitrogen and oxygen atoms in total. The summed E-state index contributed by atoms with van der Waals surface area (Å²) in [6.45, 7) is 1.88. The van der Waals surface area contributed by atoms with Gasteiger partial charge in [-0.05, 0) is 55.7 Å². The third-order valence-corrected chi connectivity index (χ3v) is 8.61. The lowest BCUT2D eigenvalue weighted by Gasteiger charge is -2.22. The van der Waals surface area contributed by atoms with Crippen LogP contribution in [0.1, 0.15) is 25.3 Å². The molecule has 2 aromatic rings. The summed E-state index contributed by atoms with van der Waals surface area (Å²) in [6, 6.07) is 10.3. The van der Waals surface area contributed by atoms with Crippen LogP contribution in [0.25, 0.3) is 0 Å². The Morgan fingerprint density at radius 1 is 1.18 bits per heavy atom. The van der Waals surface area contributed by atoms with Gasteiger partial charge in [0, 0.05) is 17.6 Å². The van der Waals surface area contributed by atoms with Gasteiger partial charge in [0.05, 0.1) is 15.6 Å². The van der Waals surface area contributed by atoms with Gasteiger partial charge in [0.25, 0.3) is 5.91 Å². The number of amides is 4. The van der Waals surface area contributed by atoms with Crippen molar-refractivity contribution in [2.45, 2.75) is 30.2 Å². The third kappa shape index (κ3) is 4.57. The maximum absolute atomic E-state index is 13.1. The molecule has 0 radical (unpaired) electrons. The number of imide groups is 1. The summed E-state index contributed by atoms with van der Waals surface area (Å²) in [5.41, 5.74) is -0.692. The first-order chi connectivity index (χ1) is 16.0. The van der Waals surface area contributed by atoms with Gasteiger partial charge in [-0.25, -0.2) is 13.2 Å². The van der Waals surface area contributed by atoms with E-state index in [1.165, 1.54) is 22.5 Å². The zero-order valence-corrected chi connectivity index (χ0v) is 21.3. The molecule has 0 saturated carbocycles. The fourth-order valence-corrected chi connectivity index (χ4v) is 6.12. The van der Waals surface area contributed by atoms with E-state index in [9.17, 15) is 22.8 Å². The molecule has 0 spiro atoms. The SMILES string of the molecule is C[C@@]1(c2cccc(Br)c2)NC(=O)N(CC(=O)Nc2cc(S(=O)(=O)N3CCCC3)ccc2Cl)C1=O. The van der Waals surface area contributed by atoms with E-state index < -0.39 is 40.0 Å². The molecular formula is C22H22BrClN4O5S. The number of anilines is 1. The third-order valence-electron chi connectivity index (χ3n) is 5.89. The van der Waals surface area contributed by atoms with Crippen LogP contribution in [-0.4, -0.2) is 55.1 Å². The van der Waals surface area contributed by atoms with Gasteiger partial charge in [-0.2, -0.15) is 4.31 Å². The number of nitrogens with zero attached hydrogens (tertiary/aromatic N) is 2. The monoisotopic (exact) mass is 568 g/mol. The van der Waals surface area contributed by atoms with Crippen LogP contribution in [-0.2, 0) is 25.2 Å². The van der Waals surface area contributed by atoms with Crippen LogP contribution in [0.4, 0.5) is 10.5 Å². The summed E-state index contributed by atoms with van der Waals surface area (Å²) >= 11 is 9.53. The van der Waals surface area contributed by atoms with Crippen molar-refractivity contribution in [3.63, 3.8) is 0 Å². The summed E-state index contributed by atoms with van der Waals surface area (Å²) < 4.78 is 27.8. The quantitative estimate of drug-likeness (QED) is 0.518. The summed E-state index contributed by atoms with van der Waals surface area (Å²) in [5.74, 6) is -1.28. The summed E-state index contributed by atoms with van der Waals surface area (Å²) in [5, 5.41) is 5.29. The number of benzene rings is 2. The predicted molar refractivity (Wildman–Crippen MR) is 130 cm³/mol. The van der Waals surface area contributed by atoms with E-state index in [4.69, 9.17) is 11.6 Å². The molecule has 2 aliphatic heterocycles. The fraction of sp³-hybridized carbons (Fsp3) is 0.318. The number of carbonyl (C=O) groups is 3. The van der Waals surface area contributed by atoms with Gasteiger partial charge in [-0.15, -0.1) is 0 Å². The topological polar surface area (TPSA) is 116 Å². The van der Waals surface area contributed by atoms with Gasteiger partial charge < -0.3 is 10.6 Å². The number of carbonyl (C=O) groups excluding carboxylic acids is 3. The lowest BCUT2D eigenvalue weighted by Crippen LogP contribution is -2.42. The zero-order chi connectivity index (χ0) is 24.7. The minimum absolute atomic E-state index is 0.00585. The van der Waals surface area contributed by atoms with E-state index >= 15 is 0 Å². The lowest BCUT2D eigenvalue weighted by atomic mass is 9.92. The van der Waals surface area contributed by atoms with Crippen LogP contribution in [0, 0.1) is 0 Å². The van der Waals surface area contributed by atoms with E-state index in [2.05, 4.69) is 26.6 Å². The number of hydrogen-bond acceptors (Lipinski definition) is 5. The molecule has 4 amide bonds. The van der Waals surface area contributed by atoms with Crippen molar-refractivity contribution in [2.24, 2.45) is 0 Å². The summed E-state index contributed by atoms with van der Waals surface area (Å²) in [4.78, 5) is 39.2. The molecule has 1 atom stereocenters. The highest BCUT2D eigenvalue weighted by atomic mass is 79.9. The van der Waals surface area contributed by atoms with Crippen LogP contribution in [0.2, 0.25) is 5.02 Å². The van der Waals surface area contributed by atoms with Gasteiger partial charge in [0.1, 0.15) is 12.1 Å². The van der Waals surface area contributed by atoms with E-state index in [1.54, 1.807) is 31.2 Å². The molecule has 0 aliphatic carbocycles. The molecule has 34 heavy (non-hydrogen) atoms. The highest BCUT2D eigenvalue weighted by molar-refractivity contribution is 9.10. The second kappa shape index (κ2) is 9.29. The molecule has 4 rings (SSSR count). The number of hydrogen-bond donors (Lipinski definition) is 2. The Hall–Kier alpha value is -2.47. The molecule has 2 fully saturated rings. The normalized spacial score (nSPS) is 21.1. The fourth-order valence-electron chi connectivity index (χ4n) is 4.01. The second-order valence-electron chi connectivity index (χ2n) is 8.26. The Balaban J connectivity index is 1.51. The van der Waals surface area contributed by atoms with Crippen molar-refractivity contribution in [1.29, 1.82) is 0 Å². The summed E-state index contributed by atoms with van der Waals surface area (Å²) in [6.07, 6.45) is 1.59. The van der Waals surface area contributed by atoms with Crippen molar-refractivity contribution in [3.8, 4) is 0 Å². The minimum atomic E-state index is -3.71. The number of halogens is 2. The molecular weight excluding hydrogens is 548 g/mol. The van der Waals surface area contributed by atoms with Gasteiger partial charge in [-0.1, -0.05) is 39.7 Å². The number of nitrogens with one attached hydrogen (secondary N) is 2. The first-order valence-corrected chi connectivity index (χ1v) is 13.1. The average Bonchev–Trinajstić information content (AvgIpc) is 3.40. The van der Waals surface area contributed by atoms with Gasteiger partial charge in [-0.3, -0.25) is 14.5 Å². The van der Waals surface area contributed by atoms with Gasteiger partial charge in [0.15, 0.2) is 0 Å². The maximum Gasteiger partial charge on any atom is 0.325 e. The van der Waals surface area contributed by atoms with Crippen molar-refractivity contribution >= 4 is 61.1 Å². The minimum Gasteiger partial charge on any atom is -0.323 e. The van der Waals surface area contributed by atoms with Crippen molar-refractivity contribution in [3.05, 3.63) is 57.5 Å². The van der Waals surface area contributed by atoms with E-state index in [0.29, 0.717) is 18.7 Å². The molecule has 180 valence electrons. The maximum atomic E-state index is 13.1. The number of urea groups is 1. The standard InChI is InChI=1S/C22H22BrClN4O5S/c1-22(14-5-4-6-15(23)11-14)20(30)28(21(31)26-22)13-19(29)25-18-12-16(7-8-17(18)24)34(32,33)27-9-2-3-10-27/h4-8,11-12H,2-3,9-10,13H2,1H3,(H,25,29)(H,26,31)/t22-/m0/s1. The molecule has 2 saturated heterocycles. The van der Waals surface area contributed by atoms with Crippen molar-refractivity contribution in [1.82, 2.24) is 14.5 Å². The van der Waals surface area contributed by atoms with E-state index in [-0.39, 0.29) is 15.6 Å². The Labute approximate surface area is 210 Å². The molecule has 2 heterocycles. The Bertz CT molecular complexity index is 1280. The van der Waals surface area contributed by atoms with Crippen LogP contribution >= 0.6 is 27.5 Å². The van der Waals surface area contributed by atoms with Crippen LogP contribution in [0.15, 0.2) is 51.8 Å². The average molecular weight is 570 g/mol. The lowest BCUT2D eigenvalue weighted by molar-refractivity contribution is -0.133. The van der Waals surface area contributed by atoms with Crippen molar-refractivity contribution in [2.75, 3.05) is 25.0 Å². The largest absolute Gasteiger partial charge is 0.325 e. The van der Waals surface area contributed by atoms with Crippen LogP contribution in [0.5, 0.6) is 0 Å². The molecule has 0 aromatic heterocycles. The van der Waals surface area contributed by atoms with Gasteiger partial charge in [0.2, 0.25) is 15.9 Å².